The second-order valence-corrected chi connectivity index (χ2v) is 4.15. The second-order valence-electron chi connectivity index (χ2n) is 4.15. The first kappa shape index (κ1) is 12.6. The van der Waals surface area contributed by atoms with Crippen LogP contribution in [0.4, 0.5) is 0 Å². The number of nitrogens with zero attached hydrogens (tertiary/aromatic N) is 1. The lowest BCUT2D eigenvalue weighted by Gasteiger charge is -2.12. The maximum Gasteiger partial charge on any atom is 0.145 e. The first-order chi connectivity index (χ1) is 8.71. The molecule has 1 aromatic heterocycles. The highest BCUT2D eigenvalue weighted by atomic mass is 16.5. The minimum Gasteiger partial charge on any atom is -0.496 e. The number of benzene rings is 1. The maximum absolute atomic E-state index is 5.37. The molecule has 1 aromatic carbocycles. The largest absolute Gasteiger partial charge is 0.496 e. The Labute approximate surface area is 107 Å². The zero-order valence-electron chi connectivity index (χ0n) is 11.2. The van der Waals surface area contributed by atoms with Crippen molar-refractivity contribution in [3.8, 4) is 11.5 Å². The first-order valence-corrected chi connectivity index (χ1v) is 5.87. The smallest absolute Gasteiger partial charge is 0.145 e. The highest BCUT2D eigenvalue weighted by molar-refractivity contribution is 5.90. The molecule has 0 spiro atoms. The molecule has 18 heavy (non-hydrogen) atoms. The Morgan fingerprint density at radius 3 is 2.44 bits per heavy atom. The van der Waals surface area contributed by atoms with Crippen LogP contribution in [0.25, 0.3) is 10.9 Å². The van der Waals surface area contributed by atoms with Gasteiger partial charge in [0.2, 0.25) is 0 Å². The molecule has 2 rings (SSSR count). The molecule has 1 N–H and O–H groups in total. The Hall–Kier alpha value is -1.81. The molecular formula is C14H18N2O2. The van der Waals surface area contributed by atoms with Gasteiger partial charge in [-0.25, -0.2) is 4.98 Å². The molecular weight excluding hydrogens is 228 g/mol. The van der Waals surface area contributed by atoms with Crippen LogP contribution in [0, 0.1) is 6.92 Å². The van der Waals surface area contributed by atoms with Crippen molar-refractivity contribution in [3.63, 3.8) is 0 Å². The highest BCUT2D eigenvalue weighted by Gasteiger charge is 2.11. The number of methoxy groups -OCH3 is 2. The van der Waals surface area contributed by atoms with Crippen LogP contribution in [-0.4, -0.2) is 26.3 Å². The van der Waals surface area contributed by atoms with E-state index in [-0.39, 0.29) is 0 Å². The van der Waals surface area contributed by atoms with Crippen molar-refractivity contribution >= 4 is 10.9 Å². The van der Waals surface area contributed by atoms with Gasteiger partial charge in [-0.15, -0.1) is 0 Å². The predicted molar refractivity (Wildman–Crippen MR) is 72.3 cm³/mol. The van der Waals surface area contributed by atoms with Gasteiger partial charge >= 0.3 is 0 Å². The summed E-state index contributed by atoms with van der Waals surface area (Å²) in [7, 11) is 5.23. The topological polar surface area (TPSA) is 43.4 Å². The van der Waals surface area contributed by atoms with E-state index in [1.54, 1.807) is 14.2 Å². The van der Waals surface area contributed by atoms with E-state index in [1.165, 1.54) is 0 Å². The molecule has 0 bridgehead atoms. The summed E-state index contributed by atoms with van der Waals surface area (Å²) in [6.07, 6.45) is 0. The van der Waals surface area contributed by atoms with Crippen LogP contribution < -0.4 is 14.8 Å². The number of hydrogen-bond acceptors (Lipinski definition) is 4. The average molecular weight is 246 g/mol. The summed E-state index contributed by atoms with van der Waals surface area (Å²) in [5.41, 5.74) is 3.01. The van der Waals surface area contributed by atoms with Crippen LogP contribution in [0.5, 0.6) is 11.5 Å². The lowest BCUT2D eigenvalue weighted by Crippen LogP contribution is -2.09. The molecule has 0 unspecified atom stereocenters. The molecule has 96 valence electrons. The molecule has 2 aromatic rings. The van der Waals surface area contributed by atoms with Crippen molar-refractivity contribution in [1.29, 1.82) is 0 Å². The summed E-state index contributed by atoms with van der Waals surface area (Å²) < 4.78 is 10.7. The molecule has 0 saturated heterocycles. The van der Waals surface area contributed by atoms with Crippen molar-refractivity contribution in [2.24, 2.45) is 0 Å². The fraction of sp³-hybridized carbons (Fsp3) is 0.357. The third kappa shape index (κ3) is 2.11. The zero-order valence-corrected chi connectivity index (χ0v) is 11.2. The molecule has 4 heteroatoms. The van der Waals surface area contributed by atoms with Gasteiger partial charge in [-0.2, -0.15) is 0 Å². The third-order valence-electron chi connectivity index (χ3n) is 2.99. The van der Waals surface area contributed by atoms with Crippen LogP contribution in [0.2, 0.25) is 0 Å². The van der Waals surface area contributed by atoms with Crippen molar-refractivity contribution in [1.82, 2.24) is 10.3 Å². The molecule has 0 saturated carbocycles. The highest BCUT2D eigenvalue weighted by Crippen LogP contribution is 2.32. The van der Waals surface area contributed by atoms with Gasteiger partial charge in [0, 0.05) is 11.9 Å². The van der Waals surface area contributed by atoms with Gasteiger partial charge in [-0.1, -0.05) is 0 Å². The van der Waals surface area contributed by atoms with Gasteiger partial charge in [0.1, 0.15) is 17.0 Å². The monoisotopic (exact) mass is 246 g/mol. The number of ether oxygens (including phenoxy) is 2. The summed E-state index contributed by atoms with van der Waals surface area (Å²) in [5.74, 6) is 1.58. The van der Waals surface area contributed by atoms with E-state index in [4.69, 9.17) is 9.47 Å². The molecule has 0 amide bonds. The lowest BCUT2D eigenvalue weighted by molar-refractivity contribution is 0.409. The molecule has 0 atom stereocenters. The van der Waals surface area contributed by atoms with E-state index in [1.807, 2.05) is 19.2 Å². The van der Waals surface area contributed by atoms with Crippen LogP contribution in [0.3, 0.4) is 0 Å². The number of pyridine rings is 1. The Bertz CT molecular complexity index is 567. The number of aromatic nitrogens is 1. The second kappa shape index (κ2) is 5.23. The third-order valence-corrected chi connectivity index (χ3v) is 2.99. The minimum absolute atomic E-state index is 0.738. The molecule has 4 nitrogen and oxygen atoms in total. The maximum atomic E-state index is 5.37. The Balaban J connectivity index is 2.72. The van der Waals surface area contributed by atoms with Gasteiger partial charge in [0.25, 0.3) is 0 Å². The summed E-state index contributed by atoms with van der Waals surface area (Å²) >= 11 is 0. The van der Waals surface area contributed by atoms with E-state index in [0.29, 0.717) is 0 Å². The minimum atomic E-state index is 0.738. The normalized spacial score (nSPS) is 10.7. The number of aryl methyl sites for hydroxylation is 1. The van der Waals surface area contributed by atoms with Crippen LogP contribution in [0.1, 0.15) is 11.3 Å². The lowest BCUT2D eigenvalue weighted by atomic mass is 10.1. The number of fused-ring (bicyclic) bond motifs is 1. The zero-order chi connectivity index (χ0) is 13.1. The fourth-order valence-corrected chi connectivity index (χ4v) is 2.04. The summed E-state index contributed by atoms with van der Waals surface area (Å²) in [6, 6.07) is 5.88. The van der Waals surface area contributed by atoms with E-state index >= 15 is 0 Å². The van der Waals surface area contributed by atoms with Crippen LogP contribution in [-0.2, 0) is 6.54 Å². The van der Waals surface area contributed by atoms with Gasteiger partial charge in [0.15, 0.2) is 0 Å². The number of hydrogen-bond donors (Lipinski definition) is 1. The van der Waals surface area contributed by atoms with Gasteiger partial charge in [-0.05, 0) is 37.7 Å². The predicted octanol–water partition coefficient (Wildman–Crippen LogP) is 2.28. The molecule has 0 radical (unpaired) electrons. The Morgan fingerprint density at radius 2 is 1.83 bits per heavy atom. The van der Waals surface area contributed by atoms with Gasteiger partial charge in [0.05, 0.1) is 19.9 Å². The summed E-state index contributed by atoms with van der Waals surface area (Å²) in [5, 5.41) is 4.10. The average Bonchev–Trinajstić information content (AvgIpc) is 2.39. The number of rotatable bonds is 4. The van der Waals surface area contributed by atoms with Crippen molar-refractivity contribution in [3.05, 3.63) is 29.5 Å². The molecule has 0 fully saturated rings. The fourth-order valence-electron chi connectivity index (χ4n) is 2.04. The van der Waals surface area contributed by atoms with E-state index in [9.17, 15) is 0 Å². The number of nitrogens with one attached hydrogen (secondary N) is 1. The van der Waals surface area contributed by atoms with Crippen LogP contribution >= 0.6 is 0 Å². The Kier molecular flexibility index (Phi) is 3.67. The van der Waals surface area contributed by atoms with E-state index < -0.39 is 0 Å². The summed E-state index contributed by atoms with van der Waals surface area (Å²) in [4.78, 5) is 4.68. The molecule has 0 aliphatic heterocycles. The van der Waals surface area contributed by atoms with Gasteiger partial charge < -0.3 is 14.8 Å². The molecule has 1 heterocycles. The van der Waals surface area contributed by atoms with Crippen molar-refractivity contribution in [2.75, 3.05) is 21.3 Å². The van der Waals surface area contributed by atoms with Crippen molar-refractivity contribution < 1.29 is 9.47 Å². The quantitative estimate of drug-likeness (QED) is 0.898. The SMILES string of the molecule is CNCc1nc2c(OC)ccc(OC)c2cc1C. The molecule has 0 aliphatic rings. The van der Waals surface area contributed by atoms with Gasteiger partial charge in [-0.3, -0.25) is 0 Å². The first-order valence-electron chi connectivity index (χ1n) is 5.87. The van der Waals surface area contributed by atoms with Crippen molar-refractivity contribution in [2.45, 2.75) is 13.5 Å². The van der Waals surface area contributed by atoms with E-state index in [0.717, 1.165) is 40.2 Å². The standard InChI is InChI=1S/C14H18N2O2/c1-9-7-10-12(17-3)5-6-13(18-4)14(10)16-11(9)8-15-2/h5-7,15H,8H2,1-4H3. The van der Waals surface area contributed by atoms with E-state index in [2.05, 4.69) is 23.3 Å². The van der Waals surface area contributed by atoms with Crippen LogP contribution in [0.15, 0.2) is 18.2 Å². The Morgan fingerprint density at radius 1 is 1.17 bits per heavy atom. The summed E-state index contributed by atoms with van der Waals surface area (Å²) in [6.45, 7) is 2.79. The molecule has 0 aliphatic carbocycles.